The lowest BCUT2D eigenvalue weighted by Gasteiger charge is -2.19. The van der Waals surface area contributed by atoms with Crippen molar-refractivity contribution < 1.29 is 22.0 Å². The number of hydrogen-bond donors (Lipinski definition) is 2. The van der Waals surface area contributed by atoms with Crippen molar-refractivity contribution in [2.45, 2.75) is 19.3 Å². The Kier molecular flexibility index (Phi) is 5.46. The molecule has 0 fully saturated rings. The van der Waals surface area contributed by atoms with Crippen LogP contribution in [-0.2, 0) is 19.3 Å². The number of imidazole rings is 1. The van der Waals surface area contributed by atoms with Crippen molar-refractivity contribution in [2.24, 2.45) is 0 Å². The smallest absolute Gasteiger partial charge is 0.321 e. The molecule has 1 aliphatic rings. The first-order chi connectivity index (χ1) is 17.7. The molecular weight excluding hydrogens is 517 g/mol. The summed E-state index contributed by atoms with van der Waals surface area (Å²) in [5.41, 5.74) is 2.80. The topological polar surface area (TPSA) is 84.3 Å². The first-order valence-electron chi connectivity index (χ1n) is 11.0. The summed E-state index contributed by atoms with van der Waals surface area (Å²) in [7, 11) is 0. The Bertz CT molecular complexity index is 1670. The molecule has 0 radical (unpaired) electrons. The third-order valence-corrected chi connectivity index (χ3v) is 6.41. The van der Waals surface area contributed by atoms with E-state index in [0.717, 1.165) is 6.07 Å². The van der Waals surface area contributed by atoms with Crippen LogP contribution < -0.4 is 5.32 Å². The van der Waals surface area contributed by atoms with E-state index in [-0.39, 0.29) is 35.1 Å². The van der Waals surface area contributed by atoms with E-state index >= 15 is 0 Å². The quantitative estimate of drug-likeness (QED) is 0.234. The molecule has 0 saturated carbocycles. The van der Waals surface area contributed by atoms with Crippen LogP contribution in [0.1, 0.15) is 11.5 Å². The molecule has 0 amide bonds. The number of halogens is 6. The number of hydrogen-bond acceptors (Lipinski definition) is 5. The third-order valence-electron chi connectivity index (χ3n) is 6.12. The van der Waals surface area contributed by atoms with E-state index < -0.39 is 23.6 Å². The number of benzene rings is 1. The highest BCUT2D eigenvalue weighted by Gasteiger charge is 2.39. The van der Waals surface area contributed by atoms with E-state index in [2.05, 4.69) is 30.5 Å². The van der Waals surface area contributed by atoms with E-state index in [4.69, 9.17) is 11.6 Å². The largest absolute Gasteiger partial charge is 0.449 e. The Morgan fingerprint density at radius 2 is 1.78 bits per heavy atom. The molecule has 0 aliphatic carbocycles. The Hall–Kier alpha value is -3.90. The van der Waals surface area contributed by atoms with Gasteiger partial charge in [-0.15, -0.1) is 0 Å². The Labute approximate surface area is 210 Å². The van der Waals surface area contributed by atoms with Gasteiger partial charge in [0.2, 0.25) is 5.82 Å². The first kappa shape index (κ1) is 23.5. The van der Waals surface area contributed by atoms with Crippen LogP contribution in [0.25, 0.3) is 44.8 Å². The summed E-state index contributed by atoms with van der Waals surface area (Å²) in [5.74, 6) is -2.70. The maximum absolute atomic E-state index is 14.5. The zero-order chi connectivity index (χ0) is 25.9. The van der Waals surface area contributed by atoms with Crippen molar-refractivity contribution >= 4 is 22.6 Å². The van der Waals surface area contributed by atoms with E-state index in [9.17, 15) is 22.0 Å². The van der Waals surface area contributed by atoms with Gasteiger partial charge in [0.05, 0.1) is 33.1 Å². The highest BCUT2D eigenvalue weighted by atomic mass is 35.5. The second kappa shape index (κ2) is 8.60. The van der Waals surface area contributed by atoms with Crippen LogP contribution in [0, 0.1) is 11.6 Å². The molecule has 188 valence electrons. The fourth-order valence-corrected chi connectivity index (χ4v) is 4.60. The molecule has 5 heterocycles. The molecule has 1 aromatic carbocycles. The molecule has 4 aromatic heterocycles. The molecular formula is C24H15ClF5N7. The first-order valence-corrected chi connectivity index (χ1v) is 11.4. The minimum atomic E-state index is -4.60. The number of rotatable bonds is 3. The maximum Gasteiger partial charge on any atom is 0.449 e. The highest BCUT2D eigenvalue weighted by Crippen LogP contribution is 2.36. The van der Waals surface area contributed by atoms with Gasteiger partial charge in [-0.05, 0) is 24.3 Å². The van der Waals surface area contributed by atoms with Crippen molar-refractivity contribution in [1.29, 1.82) is 0 Å². The Morgan fingerprint density at radius 3 is 2.59 bits per heavy atom. The maximum atomic E-state index is 14.5. The standard InChI is InChI=1S/C24H15ClF5N7/c25-14-6-12(15(26)7-16(14)27)22-13(9-33-36-22)17-1-2-18-19(34-17)5-11(8-32-18)21-20-10-31-3-4-37(20)23(35-21)24(28,29)30/h1-2,5-9,31H,3-4,10H2,(H,33,36). The van der Waals surface area contributed by atoms with E-state index in [1.807, 2.05) is 0 Å². The zero-order valence-corrected chi connectivity index (χ0v) is 19.4. The van der Waals surface area contributed by atoms with Gasteiger partial charge in [0.25, 0.3) is 0 Å². The lowest BCUT2D eigenvalue weighted by Crippen LogP contribution is -2.30. The molecule has 13 heteroatoms. The number of alkyl halides is 3. The Balaban J connectivity index is 1.46. The van der Waals surface area contributed by atoms with Crippen molar-refractivity contribution in [2.75, 3.05) is 6.54 Å². The minimum Gasteiger partial charge on any atom is -0.321 e. The van der Waals surface area contributed by atoms with Crippen LogP contribution in [0.4, 0.5) is 22.0 Å². The number of nitrogens with one attached hydrogen (secondary N) is 2. The molecule has 5 aromatic rings. The average molecular weight is 532 g/mol. The number of pyridine rings is 2. The predicted molar refractivity (Wildman–Crippen MR) is 125 cm³/mol. The lowest BCUT2D eigenvalue weighted by atomic mass is 10.0. The van der Waals surface area contributed by atoms with Crippen LogP contribution in [0.15, 0.2) is 42.7 Å². The predicted octanol–water partition coefficient (Wildman–Crippen LogP) is 5.60. The average Bonchev–Trinajstić information content (AvgIpc) is 3.51. The Morgan fingerprint density at radius 1 is 0.946 bits per heavy atom. The van der Waals surface area contributed by atoms with Gasteiger partial charge in [0.15, 0.2) is 0 Å². The minimum absolute atomic E-state index is 0.0201. The number of aromatic nitrogens is 6. The number of aromatic amines is 1. The monoisotopic (exact) mass is 531 g/mol. The fourth-order valence-electron chi connectivity index (χ4n) is 4.43. The molecule has 0 spiro atoms. The van der Waals surface area contributed by atoms with Gasteiger partial charge in [-0.1, -0.05) is 11.6 Å². The summed E-state index contributed by atoms with van der Waals surface area (Å²) in [4.78, 5) is 12.9. The van der Waals surface area contributed by atoms with Crippen LogP contribution >= 0.6 is 11.6 Å². The normalized spacial score (nSPS) is 13.8. The lowest BCUT2D eigenvalue weighted by molar-refractivity contribution is -0.147. The summed E-state index contributed by atoms with van der Waals surface area (Å²) in [5, 5.41) is 9.56. The summed E-state index contributed by atoms with van der Waals surface area (Å²) >= 11 is 5.85. The summed E-state index contributed by atoms with van der Waals surface area (Å²) in [6.07, 6.45) is -1.64. The molecule has 7 nitrogen and oxygen atoms in total. The number of H-pyrrole nitrogens is 1. The van der Waals surface area contributed by atoms with Crippen molar-refractivity contribution in [3.8, 4) is 33.8 Å². The van der Waals surface area contributed by atoms with Gasteiger partial charge in [0, 0.05) is 54.8 Å². The summed E-state index contributed by atoms with van der Waals surface area (Å²) in [6.45, 7) is 0.779. The summed E-state index contributed by atoms with van der Waals surface area (Å²) < 4.78 is 70.2. The van der Waals surface area contributed by atoms with Crippen LogP contribution in [0.3, 0.4) is 0 Å². The molecule has 1 aliphatic heterocycles. The molecule has 0 bridgehead atoms. The molecule has 0 unspecified atom stereocenters. The van der Waals surface area contributed by atoms with Gasteiger partial charge in [0.1, 0.15) is 17.3 Å². The van der Waals surface area contributed by atoms with Crippen LogP contribution in [0.2, 0.25) is 5.02 Å². The second-order valence-corrected chi connectivity index (χ2v) is 8.82. The third kappa shape index (κ3) is 4.02. The summed E-state index contributed by atoms with van der Waals surface area (Å²) in [6, 6.07) is 6.75. The molecule has 0 saturated heterocycles. The van der Waals surface area contributed by atoms with E-state index in [0.29, 0.717) is 46.2 Å². The van der Waals surface area contributed by atoms with Gasteiger partial charge >= 0.3 is 6.18 Å². The van der Waals surface area contributed by atoms with Gasteiger partial charge in [-0.2, -0.15) is 18.3 Å². The number of fused-ring (bicyclic) bond motifs is 2. The van der Waals surface area contributed by atoms with Gasteiger partial charge in [-0.25, -0.2) is 18.7 Å². The molecule has 2 N–H and O–H groups in total. The SMILES string of the molecule is Fc1cc(F)c(-c2n[nH]cc2-c2ccc3ncc(-c4nc(C(F)(F)F)n5c4CNCC5)cc3n2)cc1Cl. The fraction of sp³-hybridized carbons (Fsp3) is 0.167. The molecule has 0 atom stereocenters. The number of nitrogens with zero attached hydrogens (tertiary/aromatic N) is 5. The van der Waals surface area contributed by atoms with Crippen molar-refractivity contribution in [3.63, 3.8) is 0 Å². The molecule has 6 rings (SSSR count). The van der Waals surface area contributed by atoms with Crippen molar-refractivity contribution in [3.05, 3.63) is 70.9 Å². The second-order valence-electron chi connectivity index (χ2n) is 8.41. The van der Waals surface area contributed by atoms with E-state index in [1.54, 1.807) is 18.2 Å². The van der Waals surface area contributed by atoms with Crippen molar-refractivity contribution in [1.82, 2.24) is 35.0 Å². The van der Waals surface area contributed by atoms with Gasteiger partial charge < -0.3 is 9.88 Å². The molecule has 37 heavy (non-hydrogen) atoms. The van der Waals surface area contributed by atoms with E-state index in [1.165, 1.54) is 17.0 Å². The van der Waals surface area contributed by atoms with Crippen LogP contribution in [0.5, 0.6) is 0 Å². The highest BCUT2D eigenvalue weighted by molar-refractivity contribution is 6.31. The van der Waals surface area contributed by atoms with Crippen LogP contribution in [-0.4, -0.2) is 36.3 Å². The van der Waals surface area contributed by atoms with Gasteiger partial charge in [-0.3, -0.25) is 10.1 Å². The zero-order valence-electron chi connectivity index (χ0n) is 18.7.